The van der Waals surface area contributed by atoms with Crippen molar-refractivity contribution in [1.82, 2.24) is 20.8 Å². The molecule has 0 aliphatic heterocycles. The highest BCUT2D eigenvalue weighted by Gasteiger charge is 2.10. The van der Waals surface area contributed by atoms with E-state index in [2.05, 4.69) is 20.8 Å². The summed E-state index contributed by atoms with van der Waals surface area (Å²) in [5.41, 5.74) is 0.303. The van der Waals surface area contributed by atoms with Gasteiger partial charge in [-0.1, -0.05) is 42.4 Å². The second-order valence-corrected chi connectivity index (χ2v) is 6.43. The van der Waals surface area contributed by atoms with Crippen LogP contribution in [-0.4, -0.2) is 35.2 Å². The van der Waals surface area contributed by atoms with Gasteiger partial charge >= 0.3 is 0 Å². The van der Waals surface area contributed by atoms with Crippen molar-refractivity contribution in [2.45, 2.75) is 29.8 Å². The fourth-order valence-electron chi connectivity index (χ4n) is 1.89. The monoisotopic (exact) mass is 386 g/mol. The highest BCUT2D eigenvalue weighted by molar-refractivity contribution is 7.99. The smallest absolute Gasteiger partial charge is 0.271 e. The third kappa shape index (κ3) is 6.28. The number of benzene rings is 1. The molecule has 2 aromatic rings. The van der Waals surface area contributed by atoms with Crippen molar-refractivity contribution in [3.63, 3.8) is 0 Å². The maximum atomic E-state index is 12.0. The number of halogens is 2. The number of nitrogens with zero attached hydrogens (tertiary/aromatic N) is 2. The third-order valence-corrected chi connectivity index (χ3v) is 4.49. The van der Waals surface area contributed by atoms with E-state index < -0.39 is 0 Å². The predicted octanol–water partition coefficient (Wildman–Crippen LogP) is 3.43. The first-order valence-electron chi connectivity index (χ1n) is 7.38. The van der Waals surface area contributed by atoms with Gasteiger partial charge in [0.05, 0.1) is 5.02 Å². The zero-order chi connectivity index (χ0) is 16.7. The van der Waals surface area contributed by atoms with E-state index in [-0.39, 0.29) is 24.4 Å². The minimum atomic E-state index is -0.225. The molecule has 0 aliphatic carbocycles. The second kappa shape index (κ2) is 10.5. The van der Waals surface area contributed by atoms with E-state index in [4.69, 9.17) is 11.6 Å². The van der Waals surface area contributed by atoms with Crippen LogP contribution in [0.1, 0.15) is 24.3 Å². The van der Waals surface area contributed by atoms with Gasteiger partial charge in [0.1, 0.15) is 5.03 Å². The number of carbonyl (C=O) groups is 1. The Morgan fingerprint density at radius 1 is 1.25 bits per heavy atom. The van der Waals surface area contributed by atoms with E-state index in [0.717, 1.165) is 11.4 Å². The van der Waals surface area contributed by atoms with Crippen LogP contribution in [0.25, 0.3) is 0 Å². The van der Waals surface area contributed by atoms with E-state index in [1.807, 2.05) is 38.1 Å². The number of aromatic nitrogens is 2. The fourth-order valence-corrected chi connectivity index (χ4v) is 2.90. The third-order valence-electron chi connectivity index (χ3n) is 3.05. The zero-order valence-electron chi connectivity index (χ0n) is 13.5. The van der Waals surface area contributed by atoms with Gasteiger partial charge < -0.3 is 10.6 Å². The highest BCUT2D eigenvalue weighted by Crippen LogP contribution is 2.31. The van der Waals surface area contributed by atoms with Crippen LogP contribution < -0.4 is 10.6 Å². The maximum absolute atomic E-state index is 12.0. The van der Waals surface area contributed by atoms with Crippen LogP contribution in [0.4, 0.5) is 0 Å². The average Bonchev–Trinajstić information content (AvgIpc) is 2.56. The van der Waals surface area contributed by atoms with Crippen molar-refractivity contribution in [2.75, 3.05) is 13.1 Å². The van der Waals surface area contributed by atoms with Crippen molar-refractivity contribution in [3.05, 3.63) is 47.1 Å². The molecule has 0 saturated heterocycles. The van der Waals surface area contributed by atoms with E-state index in [1.165, 1.54) is 11.8 Å². The van der Waals surface area contributed by atoms with E-state index in [9.17, 15) is 4.79 Å². The van der Waals surface area contributed by atoms with E-state index in [0.29, 0.717) is 22.3 Å². The van der Waals surface area contributed by atoms with Crippen molar-refractivity contribution in [2.24, 2.45) is 0 Å². The molecule has 0 spiro atoms. The molecule has 0 bridgehead atoms. The lowest BCUT2D eigenvalue weighted by Gasteiger charge is -2.12. The molecule has 130 valence electrons. The van der Waals surface area contributed by atoms with Gasteiger partial charge in [0.15, 0.2) is 5.69 Å². The Kier molecular flexibility index (Phi) is 9.07. The van der Waals surface area contributed by atoms with Gasteiger partial charge in [-0.25, -0.2) is 0 Å². The molecule has 1 heterocycles. The van der Waals surface area contributed by atoms with Gasteiger partial charge in [-0.05, 0) is 37.7 Å². The lowest BCUT2D eigenvalue weighted by atomic mass is 10.3. The molecule has 1 aromatic carbocycles. The summed E-state index contributed by atoms with van der Waals surface area (Å²) in [7, 11) is 0. The quantitative estimate of drug-likeness (QED) is 0.762. The molecule has 8 heteroatoms. The summed E-state index contributed by atoms with van der Waals surface area (Å²) in [6, 6.07) is 11.2. The summed E-state index contributed by atoms with van der Waals surface area (Å²) in [6.07, 6.45) is 0. The second-order valence-electron chi connectivity index (χ2n) is 4.96. The first kappa shape index (κ1) is 20.7. The largest absolute Gasteiger partial charge is 0.349 e. The van der Waals surface area contributed by atoms with Crippen LogP contribution >= 0.6 is 35.8 Å². The zero-order valence-corrected chi connectivity index (χ0v) is 15.8. The minimum absolute atomic E-state index is 0. The van der Waals surface area contributed by atoms with Gasteiger partial charge in [0.2, 0.25) is 0 Å². The molecule has 0 aliphatic rings. The number of likely N-dealkylation sites (N-methyl/N-ethyl adjacent to an activating group) is 1. The summed E-state index contributed by atoms with van der Waals surface area (Å²) in [4.78, 5) is 12.9. The predicted molar refractivity (Wildman–Crippen MR) is 100 cm³/mol. The van der Waals surface area contributed by atoms with Gasteiger partial charge in [0, 0.05) is 17.5 Å². The summed E-state index contributed by atoms with van der Waals surface area (Å²) in [5.74, 6) is -0.225. The molecule has 0 fully saturated rings. The molecule has 2 N–H and O–H groups in total. The molecular formula is C16H20Cl2N4OS. The normalized spacial score (nSPS) is 11.5. The maximum Gasteiger partial charge on any atom is 0.271 e. The van der Waals surface area contributed by atoms with Gasteiger partial charge in [-0.3, -0.25) is 4.79 Å². The summed E-state index contributed by atoms with van der Waals surface area (Å²) in [5, 5.41) is 15.5. The Balaban J connectivity index is 0.00000288. The molecule has 5 nitrogen and oxygen atoms in total. The van der Waals surface area contributed by atoms with Crippen molar-refractivity contribution >= 4 is 41.7 Å². The number of nitrogens with one attached hydrogen (secondary N) is 2. The Labute approximate surface area is 157 Å². The molecular weight excluding hydrogens is 367 g/mol. The topological polar surface area (TPSA) is 66.9 Å². The van der Waals surface area contributed by atoms with Crippen LogP contribution in [0, 0.1) is 0 Å². The first-order chi connectivity index (χ1) is 11.1. The molecule has 0 saturated carbocycles. The molecule has 24 heavy (non-hydrogen) atoms. The molecule has 1 atom stereocenters. The average molecular weight is 387 g/mol. The van der Waals surface area contributed by atoms with Crippen molar-refractivity contribution < 1.29 is 4.79 Å². The number of rotatable bonds is 7. The number of hydrogen-bond donors (Lipinski definition) is 2. The van der Waals surface area contributed by atoms with Gasteiger partial charge in [-0.15, -0.1) is 22.6 Å². The van der Waals surface area contributed by atoms with Crippen LogP contribution in [0.5, 0.6) is 0 Å². The minimum Gasteiger partial charge on any atom is -0.349 e. The van der Waals surface area contributed by atoms with Gasteiger partial charge in [0.25, 0.3) is 5.91 Å². The van der Waals surface area contributed by atoms with Crippen molar-refractivity contribution in [3.8, 4) is 0 Å². The highest BCUT2D eigenvalue weighted by atomic mass is 35.5. The SMILES string of the molecule is CCN[C@H](C)CNC(=O)c1ccc(Sc2ccccc2Cl)nn1.Cl. The van der Waals surface area contributed by atoms with Crippen LogP contribution in [-0.2, 0) is 0 Å². The lowest BCUT2D eigenvalue weighted by molar-refractivity contribution is 0.0944. The standard InChI is InChI=1S/C16H19ClN4OS.ClH/c1-3-18-11(2)10-19-16(22)13-8-9-15(21-20-13)23-14-7-5-4-6-12(14)17;/h4-9,11,18H,3,10H2,1-2H3,(H,19,22);1H/t11-;/m1./s1. The van der Waals surface area contributed by atoms with E-state index >= 15 is 0 Å². The van der Waals surface area contributed by atoms with Gasteiger partial charge in [-0.2, -0.15) is 0 Å². The molecule has 2 rings (SSSR count). The number of carbonyl (C=O) groups excluding carboxylic acids is 1. The van der Waals surface area contributed by atoms with Crippen LogP contribution in [0.2, 0.25) is 5.02 Å². The molecule has 0 unspecified atom stereocenters. The Morgan fingerprint density at radius 2 is 2.00 bits per heavy atom. The molecule has 1 aromatic heterocycles. The van der Waals surface area contributed by atoms with Crippen LogP contribution in [0.3, 0.4) is 0 Å². The lowest BCUT2D eigenvalue weighted by Crippen LogP contribution is -2.39. The fraction of sp³-hybridized carbons (Fsp3) is 0.312. The van der Waals surface area contributed by atoms with Crippen LogP contribution in [0.15, 0.2) is 46.3 Å². The number of amides is 1. The Bertz CT molecular complexity index is 655. The summed E-state index contributed by atoms with van der Waals surface area (Å²) >= 11 is 7.53. The van der Waals surface area contributed by atoms with E-state index in [1.54, 1.807) is 12.1 Å². The Morgan fingerprint density at radius 3 is 2.62 bits per heavy atom. The molecule has 1 amide bonds. The first-order valence-corrected chi connectivity index (χ1v) is 8.57. The number of hydrogen-bond acceptors (Lipinski definition) is 5. The Hall–Kier alpha value is -1.34. The molecule has 0 radical (unpaired) electrons. The summed E-state index contributed by atoms with van der Waals surface area (Å²) in [6.45, 7) is 5.45. The van der Waals surface area contributed by atoms with Crippen molar-refractivity contribution in [1.29, 1.82) is 0 Å². The summed E-state index contributed by atoms with van der Waals surface area (Å²) < 4.78 is 0.